The van der Waals surface area contributed by atoms with Crippen LogP contribution in [0.5, 0.6) is 0 Å². The molecule has 3 N–H and O–H groups in total. The molecular formula is C67H125NO5. The van der Waals surface area contributed by atoms with Gasteiger partial charge in [-0.15, -0.1) is 0 Å². The number of carbonyl (C=O) groups is 2. The lowest BCUT2D eigenvalue weighted by atomic mass is 10.0. The van der Waals surface area contributed by atoms with Crippen LogP contribution in [0.4, 0.5) is 0 Å². The summed E-state index contributed by atoms with van der Waals surface area (Å²) in [5.41, 5.74) is 0. The second kappa shape index (κ2) is 62.4. The van der Waals surface area contributed by atoms with Crippen LogP contribution in [0.25, 0.3) is 0 Å². The maximum Gasteiger partial charge on any atom is 0.305 e. The summed E-state index contributed by atoms with van der Waals surface area (Å²) in [5.74, 6) is -0.0788. The van der Waals surface area contributed by atoms with Gasteiger partial charge in [0.1, 0.15) is 0 Å². The molecule has 0 spiro atoms. The first-order valence-corrected chi connectivity index (χ1v) is 32.4. The Labute approximate surface area is 455 Å². The highest BCUT2D eigenvalue weighted by Crippen LogP contribution is 2.17. The molecule has 0 rings (SSSR count). The van der Waals surface area contributed by atoms with Crippen molar-refractivity contribution < 1.29 is 24.5 Å². The van der Waals surface area contributed by atoms with E-state index in [1.807, 2.05) is 6.08 Å². The predicted octanol–water partition coefficient (Wildman–Crippen LogP) is 20.5. The molecule has 73 heavy (non-hydrogen) atoms. The van der Waals surface area contributed by atoms with Gasteiger partial charge in [0.15, 0.2) is 0 Å². The van der Waals surface area contributed by atoms with Crippen LogP contribution in [-0.2, 0) is 14.3 Å². The minimum Gasteiger partial charge on any atom is -0.466 e. The zero-order valence-electron chi connectivity index (χ0n) is 48.9. The molecule has 0 heterocycles. The first kappa shape index (κ1) is 70.8. The van der Waals surface area contributed by atoms with Gasteiger partial charge in [-0.3, -0.25) is 9.59 Å². The Hall–Kier alpha value is -2.18. The van der Waals surface area contributed by atoms with Crippen molar-refractivity contribution in [1.82, 2.24) is 5.32 Å². The summed E-state index contributed by atoms with van der Waals surface area (Å²) in [6.45, 7) is 4.90. The highest BCUT2D eigenvalue weighted by Gasteiger charge is 2.18. The molecule has 0 bridgehead atoms. The third-order valence-corrected chi connectivity index (χ3v) is 14.8. The maximum absolute atomic E-state index is 12.5. The van der Waals surface area contributed by atoms with Crippen LogP contribution < -0.4 is 5.32 Å². The van der Waals surface area contributed by atoms with Crippen molar-refractivity contribution in [3.05, 3.63) is 48.6 Å². The SMILES string of the molecule is CCCCCCC/C=C\CCCCCCCC(=O)OCCCCCCCCCCC/C=C\C/C=C\CCCCCCCCCC(=O)NC(CO)C(O)/C=C/CCCCCCCCCCCCCCCCCCC. The van der Waals surface area contributed by atoms with Gasteiger partial charge in [0.05, 0.1) is 25.4 Å². The van der Waals surface area contributed by atoms with Crippen LogP contribution in [0.15, 0.2) is 48.6 Å². The molecule has 2 unspecified atom stereocenters. The molecule has 0 radical (unpaired) electrons. The lowest BCUT2D eigenvalue weighted by Gasteiger charge is -2.20. The Morgan fingerprint density at radius 1 is 0.384 bits per heavy atom. The fraction of sp³-hybridized carbons (Fsp3) is 0.851. The highest BCUT2D eigenvalue weighted by atomic mass is 16.5. The monoisotopic (exact) mass is 1020 g/mol. The molecule has 0 aromatic carbocycles. The average Bonchev–Trinajstić information content (AvgIpc) is 3.39. The topological polar surface area (TPSA) is 95.9 Å². The van der Waals surface area contributed by atoms with Gasteiger partial charge in [-0.25, -0.2) is 0 Å². The average molecular weight is 1020 g/mol. The van der Waals surface area contributed by atoms with Gasteiger partial charge in [-0.05, 0) is 89.9 Å². The first-order valence-electron chi connectivity index (χ1n) is 32.4. The minimum absolute atomic E-state index is 0.00214. The van der Waals surface area contributed by atoms with E-state index in [4.69, 9.17) is 4.74 Å². The number of aliphatic hydroxyl groups excluding tert-OH is 2. The molecule has 6 heteroatoms. The van der Waals surface area contributed by atoms with E-state index in [9.17, 15) is 19.8 Å². The Bertz CT molecular complexity index is 1230. The zero-order valence-corrected chi connectivity index (χ0v) is 48.9. The molecule has 0 saturated heterocycles. The fourth-order valence-corrected chi connectivity index (χ4v) is 9.84. The van der Waals surface area contributed by atoms with E-state index < -0.39 is 12.1 Å². The molecule has 0 aliphatic heterocycles. The Morgan fingerprint density at radius 3 is 1.05 bits per heavy atom. The molecule has 0 saturated carbocycles. The number of esters is 1. The molecule has 1 amide bonds. The molecular weight excluding hydrogens is 899 g/mol. The second-order valence-electron chi connectivity index (χ2n) is 22.1. The van der Waals surface area contributed by atoms with Crippen molar-refractivity contribution in [1.29, 1.82) is 0 Å². The van der Waals surface area contributed by atoms with Crippen molar-refractivity contribution in [3.8, 4) is 0 Å². The summed E-state index contributed by atoms with van der Waals surface area (Å²) in [6.07, 6.45) is 80.1. The van der Waals surface area contributed by atoms with Crippen molar-refractivity contribution in [3.63, 3.8) is 0 Å². The summed E-state index contributed by atoms with van der Waals surface area (Å²) in [7, 11) is 0. The van der Waals surface area contributed by atoms with Gasteiger partial charge < -0.3 is 20.3 Å². The van der Waals surface area contributed by atoms with Crippen molar-refractivity contribution in [2.75, 3.05) is 13.2 Å². The molecule has 0 aliphatic carbocycles. The van der Waals surface area contributed by atoms with Crippen molar-refractivity contribution in [2.24, 2.45) is 0 Å². The van der Waals surface area contributed by atoms with Gasteiger partial charge in [0.2, 0.25) is 5.91 Å². The highest BCUT2D eigenvalue weighted by molar-refractivity contribution is 5.76. The van der Waals surface area contributed by atoms with Gasteiger partial charge in [0.25, 0.3) is 0 Å². The number of amides is 1. The van der Waals surface area contributed by atoms with Gasteiger partial charge in [-0.2, -0.15) is 0 Å². The number of carbonyl (C=O) groups excluding carboxylic acids is 2. The van der Waals surface area contributed by atoms with E-state index in [-0.39, 0.29) is 18.5 Å². The van der Waals surface area contributed by atoms with Crippen LogP contribution in [0.3, 0.4) is 0 Å². The minimum atomic E-state index is -0.853. The van der Waals surface area contributed by atoms with Crippen LogP contribution in [0, 0.1) is 0 Å². The van der Waals surface area contributed by atoms with E-state index in [1.165, 1.54) is 250 Å². The Morgan fingerprint density at radius 2 is 0.685 bits per heavy atom. The van der Waals surface area contributed by atoms with Crippen LogP contribution >= 0.6 is 0 Å². The molecule has 2 atom stereocenters. The second-order valence-corrected chi connectivity index (χ2v) is 22.1. The zero-order chi connectivity index (χ0) is 52.9. The summed E-state index contributed by atoms with van der Waals surface area (Å²) < 4.78 is 5.47. The standard InChI is InChI=1S/C67H125NO5/c1-3-5-7-9-11-13-15-17-19-20-26-29-32-35-39-43-47-51-55-59-65(70)64(63-69)68-66(71)60-56-52-48-44-40-36-33-30-27-24-22-21-23-25-28-31-34-38-42-46-50-54-58-62-73-67(72)61-57-53-49-45-41-37-18-16-14-12-10-8-6-4-2/h16,18,21,23-24,27,55,59,64-65,69-70H,3-15,17,19-20,22,25-26,28-54,56-58,60-63H2,1-2H3,(H,68,71)/b18-16-,23-21-,27-24-,59-55+. The maximum atomic E-state index is 12.5. The predicted molar refractivity (Wildman–Crippen MR) is 319 cm³/mol. The third-order valence-electron chi connectivity index (χ3n) is 14.8. The summed E-state index contributed by atoms with van der Waals surface area (Å²) in [5, 5.41) is 23.2. The number of hydrogen-bond donors (Lipinski definition) is 3. The molecule has 0 fully saturated rings. The van der Waals surface area contributed by atoms with E-state index in [0.29, 0.717) is 19.4 Å². The molecule has 6 nitrogen and oxygen atoms in total. The lowest BCUT2D eigenvalue weighted by Crippen LogP contribution is -2.45. The number of unbranched alkanes of at least 4 members (excludes halogenated alkanes) is 43. The number of hydrogen-bond acceptors (Lipinski definition) is 5. The fourth-order valence-electron chi connectivity index (χ4n) is 9.84. The Kier molecular flexibility index (Phi) is 60.5. The van der Waals surface area contributed by atoms with E-state index >= 15 is 0 Å². The van der Waals surface area contributed by atoms with E-state index in [0.717, 1.165) is 64.2 Å². The number of ether oxygens (including phenoxy) is 1. The molecule has 0 aliphatic rings. The number of nitrogens with one attached hydrogen (secondary N) is 1. The molecule has 428 valence electrons. The smallest absolute Gasteiger partial charge is 0.305 e. The number of rotatable bonds is 60. The van der Waals surface area contributed by atoms with Crippen molar-refractivity contribution in [2.45, 2.75) is 353 Å². The van der Waals surface area contributed by atoms with Gasteiger partial charge in [0, 0.05) is 12.8 Å². The van der Waals surface area contributed by atoms with Crippen LogP contribution in [0.1, 0.15) is 341 Å². The molecule has 0 aromatic heterocycles. The molecule has 0 aromatic rings. The summed E-state index contributed by atoms with van der Waals surface area (Å²) in [6, 6.07) is -0.637. The van der Waals surface area contributed by atoms with Crippen LogP contribution in [0.2, 0.25) is 0 Å². The Balaban J connectivity index is 3.48. The van der Waals surface area contributed by atoms with E-state index in [2.05, 4.69) is 55.6 Å². The van der Waals surface area contributed by atoms with Crippen molar-refractivity contribution >= 4 is 11.9 Å². The van der Waals surface area contributed by atoms with E-state index in [1.54, 1.807) is 6.08 Å². The van der Waals surface area contributed by atoms with Gasteiger partial charge in [-0.1, -0.05) is 287 Å². The first-order chi connectivity index (χ1) is 36.0. The number of allylic oxidation sites excluding steroid dienone is 7. The quantitative estimate of drug-likeness (QED) is 0.0320. The lowest BCUT2D eigenvalue weighted by molar-refractivity contribution is -0.143. The third kappa shape index (κ3) is 58.9. The van der Waals surface area contributed by atoms with Gasteiger partial charge >= 0.3 is 5.97 Å². The summed E-state index contributed by atoms with van der Waals surface area (Å²) >= 11 is 0. The summed E-state index contributed by atoms with van der Waals surface area (Å²) in [4.78, 5) is 24.5. The largest absolute Gasteiger partial charge is 0.466 e. The van der Waals surface area contributed by atoms with Crippen LogP contribution in [-0.4, -0.2) is 47.4 Å². The number of aliphatic hydroxyl groups is 2. The normalized spacial score (nSPS) is 12.9.